The van der Waals surface area contributed by atoms with Gasteiger partial charge in [-0.3, -0.25) is 4.79 Å². The summed E-state index contributed by atoms with van der Waals surface area (Å²) in [5.41, 5.74) is 0. The molecular formula is C15H24N2O3S. The molecule has 0 aliphatic carbocycles. The lowest BCUT2D eigenvalue weighted by atomic mass is 10.2. The van der Waals surface area contributed by atoms with Crippen molar-refractivity contribution in [2.24, 2.45) is 0 Å². The average Bonchev–Trinajstić information content (AvgIpc) is 2.78. The zero-order chi connectivity index (χ0) is 15.7. The fourth-order valence-electron chi connectivity index (χ4n) is 2.00. The first kappa shape index (κ1) is 17.5. The molecule has 1 heterocycles. The number of hydrogen-bond donors (Lipinski definition) is 3. The lowest BCUT2D eigenvalue weighted by Crippen LogP contribution is -2.41. The summed E-state index contributed by atoms with van der Waals surface area (Å²) in [6.45, 7) is 4.64. The first-order valence-corrected chi connectivity index (χ1v) is 8.10. The summed E-state index contributed by atoms with van der Waals surface area (Å²) in [6, 6.07) is 4.12. The third-order valence-corrected chi connectivity index (χ3v) is 4.06. The summed E-state index contributed by atoms with van der Waals surface area (Å²) in [7, 11) is 0. The Hall–Kier alpha value is -1.56. The van der Waals surface area contributed by atoms with E-state index in [9.17, 15) is 9.59 Å². The minimum Gasteiger partial charge on any atom is -0.481 e. The molecule has 118 valence electrons. The first-order chi connectivity index (χ1) is 9.97. The van der Waals surface area contributed by atoms with Crippen LogP contribution in [0.3, 0.4) is 0 Å². The highest BCUT2D eigenvalue weighted by molar-refractivity contribution is 7.11. The zero-order valence-electron chi connectivity index (χ0n) is 12.6. The Labute approximate surface area is 129 Å². The van der Waals surface area contributed by atoms with Crippen molar-refractivity contribution in [1.29, 1.82) is 0 Å². The number of hydrogen-bond acceptors (Lipinski definition) is 3. The maximum atomic E-state index is 11.7. The molecule has 0 aliphatic rings. The minimum absolute atomic E-state index is 0.0926. The number of carbonyl (C=O) groups excluding carboxylic acids is 1. The summed E-state index contributed by atoms with van der Waals surface area (Å²) in [4.78, 5) is 24.6. The van der Waals surface area contributed by atoms with E-state index < -0.39 is 5.97 Å². The first-order valence-electron chi connectivity index (χ1n) is 7.29. The van der Waals surface area contributed by atoms with E-state index in [0.717, 1.165) is 19.3 Å². The molecule has 0 saturated heterocycles. The molecule has 0 spiro atoms. The van der Waals surface area contributed by atoms with Gasteiger partial charge in [0.2, 0.25) is 0 Å². The number of urea groups is 1. The van der Waals surface area contributed by atoms with Gasteiger partial charge in [-0.05, 0) is 38.8 Å². The van der Waals surface area contributed by atoms with E-state index in [0.29, 0.717) is 13.0 Å². The summed E-state index contributed by atoms with van der Waals surface area (Å²) < 4.78 is 0. The molecule has 2 amide bonds. The number of carbonyl (C=O) groups is 2. The Balaban J connectivity index is 2.08. The smallest absolute Gasteiger partial charge is 0.315 e. The van der Waals surface area contributed by atoms with Gasteiger partial charge in [0, 0.05) is 35.2 Å². The predicted octanol–water partition coefficient (Wildman–Crippen LogP) is 2.93. The van der Waals surface area contributed by atoms with E-state index in [1.165, 1.54) is 9.75 Å². The van der Waals surface area contributed by atoms with Crippen molar-refractivity contribution in [2.45, 2.75) is 52.0 Å². The molecule has 1 unspecified atom stereocenters. The zero-order valence-corrected chi connectivity index (χ0v) is 13.5. The quantitative estimate of drug-likeness (QED) is 0.613. The van der Waals surface area contributed by atoms with Crippen LogP contribution in [-0.4, -0.2) is 29.7 Å². The van der Waals surface area contributed by atoms with E-state index in [1.54, 1.807) is 11.3 Å². The van der Waals surface area contributed by atoms with Crippen molar-refractivity contribution >= 4 is 23.3 Å². The van der Waals surface area contributed by atoms with Crippen LogP contribution in [0.1, 0.15) is 42.4 Å². The van der Waals surface area contributed by atoms with Gasteiger partial charge in [0.25, 0.3) is 0 Å². The van der Waals surface area contributed by atoms with Crippen molar-refractivity contribution in [1.82, 2.24) is 10.6 Å². The van der Waals surface area contributed by atoms with Crippen molar-refractivity contribution in [3.63, 3.8) is 0 Å². The highest BCUT2D eigenvalue weighted by Crippen LogP contribution is 2.16. The SMILES string of the molecule is Cc1ccc(CC(C)NC(=O)NCCCCCC(=O)O)s1. The molecule has 1 aromatic heterocycles. The van der Waals surface area contributed by atoms with E-state index in [4.69, 9.17) is 5.11 Å². The number of unbranched alkanes of at least 4 members (excludes halogenated alkanes) is 2. The Kier molecular flexibility index (Phi) is 7.82. The summed E-state index contributed by atoms with van der Waals surface area (Å²) >= 11 is 1.75. The third-order valence-electron chi connectivity index (χ3n) is 3.03. The van der Waals surface area contributed by atoms with Crippen LogP contribution >= 0.6 is 11.3 Å². The van der Waals surface area contributed by atoms with Gasteiger partial charge in [-0.1, -0.05) is 6.42 Å². The van der Waals surface area contributed by atoms with Crippen LogP contribution in [-0.2, 0) is 11.2 Å². The third kappa shape index (κ3) is 8.34. The van der Waals surface area contributed by atoms with Crippen LogP contribution < -0.4 is 10.6 Å². The number of thiophene rings is 1. The maximum Gasteiger partial charge on any atom is 0.315 e. The summed E-state index contributed by atoms with van der Waals surface area (Å²) in [5.74, 6) is -0.765. The lowest BCUT2D eigenvalue weighted by molar-refractivity contribution is -0.137. The summed E-state index contributed by atoms with van der Waals surface area (Å²) in [5, 5.41) is 14.2. The van der Waals surface area contributed by atoms with Crippen molar-refractivity contribution in [2.75, 3.05) is 6.54 Å². The number of amides is 2. The second-order valence-electron chi connectivity index (χ2n) is 5.22. The van der Waals surface area contributed by atoms with Gasteiger partial charge in [0.05, 0.1) is 0 Å². The topological polar surface area (TPSA) is 78.4 Å². The van der Waals surface area contributed by atoms with Crippen molar-refractivity contribution < 1.29 is 14.7 Å². The van der Waals surface area contributed by atoms with Gasteiger partial charge < -0.3 is 15.7 Å². The van der Waals surface area contributed by atoms with E-state index in [1.807, 2.05) is 6.92 Å². The highest BCUT2D eigenvalue weighted by Gasteiger charge is 2.08. The highest BCUT2D eigenvalue weighted by atomic mass is 32.1. The standard InChI is InChI=1S/C15H24N2O3S/c1-11(10-13-8-7-12(2)21-13)17-15(20)16-9-5-3-4-6-14(18)19/h7-8,11H,3-6,9-10H2,1-2H3,(H,18,19)(H2,16,17,20). The van der Waals surface area contributed by atoms with Crippen LogP contribution in [0.15, 0.2) is 12.1 Å². The number of rotatable bonds is 9. The fraction of sp³-hybridized carbons (Fsp3) is 0.600. The maximum absolute atomic E-state index is 11.7. The van der Waals surface area contributed by atoms with Crippen molar-refractivity contribution in [3.05, 3.63) is 21.9 Å². The molecular weight excluding hydrogens is 288 g/mol. The van der Waals surface area contributed by atoms with Crippen LogP contribution in [0.4, 0.5) is 4.79 Å². The normalized spacial score (nSPS) is 11.9. The largest absolute Gasteiger partial charge is 0.481 e. The van der Waals surface area contributed by atoms with Gasteiger partial charge in [0.15, 0.2) is 0 Å². The van der Waals surface area contributed by atoms with Gasteiger partial charge in [0.1, 0.15) is 0 Å². The van der Waals surface area contributed by atoms with Gasteiger partial charge in [-0.25, -0.2) is 4.79 Å². The fourth-order valence-corrected chi connectivity index (χ4v) is 3.02. The van der Waals surface area contributed by atoms with Gasteiger partial charge >= 0.3 is 12.0 Å². The molecule has 0 aliphatic heterocycles. The Morgan fingerprint density at radius 3 is 2.67 bits per heavy atom. The average molecular weight is 312 g/mol. The summed E-state index contributed by atoms with van der Waals surface area (Å²) in [6.07, 6.45) is 3.32. The second kappa shape index (κ2) is 9.39. The van der Waals surface area contributed by atoms with E-state index in [-0.39, 0.29) is 18.5 Å². The number of carboxylic acid groups (broad SMARTS) is 1. The number of nitrogens with one attached hydrogen (secondary N) is 2. The van der Waals surface area contributed by atoms with Crippen molar-refractivity contribution in [3.8, 4) is 0 Å². The molecule has 0 bridgehead atoms. The number of aryl methyl sites for hydroxylation is 1. The van der Waals surface area contributed by atoms with E-state index in [2.05, 4.69) is 29.7 Å². The number of carboxylic acids is 1. The lowest BCUT2D eigenvalue weighted by Gasteiger charge is -2.13. The monoisotopic (exact) mass is 312 g/mol. The molecule has 6 heteroatoms. The molecule has 1 rings (SSSR count). The van der Waals surface area contributed by atoms with Crippen LogP contribution in [0.5, 0.6) is 0 Å². The Bertz CT molecular complexity index is 460. The Morgan fingerprint density at radius 1 is 1.29 bits per heavy atom. The van der Waals surface area contributed by atoms with Crippen LogP contribution in [0, 0.1) is 6.92 Å². The number of aliphatic carboxylic acids is 1. The van der Waals surface area contributed by atoms with Crippen LogP contribution in [0.25, 0.3) is 0 Å². The molecule has 0 radical (unpaired) electrons. The van der Waals surface area contributed by atoms with E-state index >= 15 is 0 Å². The molecule has 0 fully saturated rings. The molecule has 3 N–H and O–H groups in total. The molecule has 1 atom stereocenters. The molecule has 0 saturated carbocycles. The molecule has 1 aromatic rings. The molecule has 0 aromatic carbocycles. The molecule has 21 heavy (non-hydrogen) atoms. The second-order valence-corrected chi connectivity index (χ2v) is 6.59. The van der Waals surface area contributed by atoms with Gasteiger partial charge in [-0.15, -0.1) is 11.3 Å². The Morgan fingerprint density at radius 2 is 2.05 bits per heavy atom. The van der Waals surface area contributed by atoms with Gasteiger partial charge in [-0.2, -0.15) is 0 Å². The predicted molar refractivity (Wildman–Crippen MR) is 84.9 cm³/mol. The molecule has 5 nitrogen and oxygen atoms in total. The minimum atomic E-state index is -0.765. The van der Waals surface area contributed by atoms with Crippen LogP contribution in [0.2, 0.25) is 0 Å².